The van der Waals surface area contributed by atoms with E-state index in [0.717, 1.165) is 0 Å². The van der Waals surface area contributed by atoms with Gasteiger partial charge in [-0.3, -0.25) is 4.79 Å². The van der Waals surface area contributed by atoms with E-state index in [1.165, 1.54) is 29.4 Å². The topological polar surface area (TPSA) is 232 Å². The highest BCUT2D eigenvalue weighted by molar-refractivity contribution is 5.74. The summed E-state index contributed by atoms with van der Waals surface area (Å²) in [6.45, 7) is 11.7. The van der Waals surface area contributed by atoms with Gasteiger partial charge in [-0.2, -0.15) is 0 Å². The highest BCUT2D eigenvalue weighted by Gasteiger charge is 2.48. The Kier molecular flexibility index (Phi) is 13.1. The molecule has 4 unspecified atom stereocenters. The molecule has 2 aromatic rings. The number of piperidine rings is 2. The van der Waals surface area contributed by atoms with Crippen LogP contribution in [0.25, 0.3) is 0 Å². The predicted octanol–water partition coefficient (Wildman–Crippen LogP) is 5.10. The maximum Gasteiger partial charge on any atom is 0.408 e. The van der Waals surface area contributed by atoms with Crippen LogP contribution in [0.2, 0.25) is 0 Å². The maximum atomic E-state index is 15.2. The second-order valence-corrected chi connectivity index (χ2v) is 14.9. The second kappa shape index (κ2) is 16.5. The van der Waals surface area contributed by atoms with Crippen molar-refractivity contribution in [2.24, 2.45) is 0 Å². The number of hydrogen-bond donors (Lipinski definition) is 3. The third kappa shape index (κ3) is 11.5. The number of nitro groups is 2. The van der Waals surface area contributed by atoms with Crippen molar-refractivity contribution >= 4 is 41.2 Å². The van der Waals surface area contributed by atoms with E-state index in [-0.39, 0.29) is 49.7 Å². The summed E-state index contributed by atoms with van der Waals surface area (Å²) in [6.07, 6.45) is -2.68. The molecule has 2 amide bonds. The van der Waals surface area contributed by atoms with Crippen molar-refractivity contribution in [1.82, 2.24) is 20.6 Å². The summed E-state index contributed by atoms with van der Waals surface area (Å²) >= 11 is 0. The summed E-state index contributed by atoms with van der Waals surface area (Å²) < 4.78 is 40.3. The number of alkyl carbamates (subject to hydrolysis) is 2. The lowest BCUT2D eigenvalue weighted by Crippen LogP contribution is -2.64. The lowest BCUT2D eigenvalue weighted by Gasteiger charge is -2.44. The Labute approximate surface area is 304 Å². The van der Waals surface area contributed by atoms with Gasteiger partial charge in [-0.05, 0) is 105 Å². The van der Waals surface area contributed by atoms with Gasteiger partial charge in [0.05, 0.1) is 30.6 Å². The van der Waals surface area contributed by atoms with Crippen molar-refractivity contribution in [3.63, 3.8) is 0 Å². The molecule has 0 aromatic carbocycles. The zero-order valence-corrected chi connectivity index (χ0v) is 30.6. The van der Waals surface area contributed by atoms with Crippen LogP contribution in [0.4, 0.5) is 41.4 Å². The Bertz CT molecular complexity index is 1670. The van der Waals surface area contributed by atoms with E-state index in [9.17, 15) is 44.1 Å². The van der Waals surface area contributed by atoms with Crippen LogP contribution in [-0.2, 0) is 14.3 Å². The summed E-state index contributed by atoms with van der Waals surface area (Å²) in [4.78, 5) is 66.9. The number of halogens is 2. The van der Waals surface area contributed by atoms with Gasteiger partial charge >= 0.3 is 29.8 Å². The molecule has 0 saturated carbocycles. The molecule has 2 aliphatic heterocycles. The number of nitrogens with zero attached hydrogens (tertiary/aromatic N) is 6. The number of carboxylic acids is 1. The molecule has 4 rings (SSSR count). The molecule has 0 bridgehead atoms. The number of aromatic nitrogens is 2. The molecular formula is C33H46F2N8O10. The smallest absolute Gasteiger partial charge is 0.408 e. The normalized spacial score (nSPS) is 23.1. The quantitative estimate of drug-likeness (QED) is 0.235. The molecule has 2 aliphatic rings. The fourth-order valence-corrected chi connectivity index (χ4v) is 5.79. The second-order valence-electron chi connectivity index (χ2n) is 14.9. The summed E-state index contributed by atoms with van der Waals surface area (Å²) in [5, 5.41) is 36.5. The number of anilines is 2. The van der Waals surface area contributed by atoms with Crippen LogP contribution in [-0.4, -0.2) is 104 Å². The average molecular weight is 753 g/mol. The Hall–Kier alpha value is -5.43. The highest BCUT2D eigenvalue weighted by Crippen LogP contribution is 2.35. The van der Waals surface area contributed by atoms with Gasteiger partial charge in [-0.15, -0.1) is 0 Å². The van der Waals surface area contributed by atoms with Crippen LogP contribution in [0.5, 0.6) is 0 Å². The molecule has 0 aliphatic carbocycles. The third-order valence-electron chi connectivity index (χ3n) is 8.34. The SMILES string of the molecule is CC(C)(C)OC(=O)NC1(C)CCN(c2cccnc2[N+](=O)[O-])CC1F.CC(C)(C)OC(=O)NC1(CC(=O)O)CCN(c2cccnc2[N+](=O)[O-])CC1F. The molecule has 2 fully saturated rings. The monoisotopic (exact) mass is 752 g/mol. The number of hydrogen-bond acceptors (Lipinski definition) is 13. The van der Waals surface area contributed by atoms with Gasteiger partial charge in [0, 0.05) is 13.1 Å². The molecule has 2 saturated heterocycles. The fourth-order valence-electron chi connectivity index (χ4n) is 5.79. The molecule has 18 nitrogen and oxygen atoms in total. The fraction of sp³-hybridized carbons (Fsp3) is 0.606. The minimum atomic E-state index is -1.80. The standard InChI is InChI=1S/C17H23FN4O6.C16H23FN4O4/c1-16(2,3)28-15(25)20-17(9-13(23)24)6-8-21(10-12(17)18)11-5-4-7-19-14(11)22(26)27;1-15(2,3)25-14(22)19-16(4)7-9-20(10-12(16)17)11-6-5-8-18-13(11)21(23)24/h4-5,7,12H,6,8-10H2,1-3H3,(H,20,25)(H,23,24);5-6,8,12H,7,9-10H2,1-4H3,(H,19,22). The first-order chi connectivity index (χ1) is 24.4. The van der Waals surface area contributed by atoms with Crippen molar-refractivity contribution in [3.05, 3.63) is 56.9 Å². The number of nitrogens with one attached hydrogen (secondary N) is 2. The summed E-state index contributed by atoms with van der Waals surface area (Å²) in [5.74, 6) is -2.00. The van der Waals surface area contributed by atoms with Crippen LogP contribution < -0.4 is 20.4 Å². The van der Waals surface area contributed by atoms with Crippen LogP contribution in [0.1, 0.15) is 67.7 Å². The van der Waals surface area contributed by atoms with E-state index < -0.39 is 74.9 Å². The summed E-state index contributed by atoms with van der Waals surface area (Å²) in [5.41, 5.74) is -3.89. The van der Waals surface area contributed by atoms with Crippen LogP contribution >= 0.6 is 0 Å². The highest BCUT2D eigenvalue weighted by atomic mass is 19.1. The Morgan fingerprint density at radius 1 is 0.849 bits per heavy atom. The lowest BCUT2D eigenvalue weighted by molar-refractivity contribution is -0.388. The van der Waals surface area contributed by atoms with E-state index in [1.807, 2.05) is 0 Å². The van der Waals surface area contributed by atoms with E-state index in [1.54, 1.807) is 65.5 Å². The van der Waals surface area contributed by atoms with Crippen LogP contribution in [0, 0.1) is 20.2 Å². The van der Waals surface area contributed by atoms with E-state index in [0.29, 0.717) is 6.54 Å². The molecule has 3 N–H and O–H groups in total. The summed E-state index contributed by atoms with van der Waals surface area (Å²) in [6, 6.07) is 6.06. The first-order valence-electron chi connectivity index (χ1n) is 16.7. The van der Waals surface area contributed by atoms with Gasteiger partial charge in [0.15, 0.2) is 0 Å². The van der Waals surface area contributed by atoms with Gasteiger partial charge in [0.25, 0.3) is 0 Å². The minimum Gasteiger partial charge on any atom is -0.481 e. The van der Waals surface area contributed by atoms with E-state index in [4.69, 9.17) is 9.47 Å². The largest absolute Gasteiger partial charge is 0.481 e. The van der Waals surface area contributed by atoms with Crippen molar-refractivity contribution in [3.8, 4) is 0 Å². The van der Waals surface area contributed by atoms with Crippen molar-refractivity contribution in [1.29, 1.82) is 0 Å². The predicted molar refractivity (Wildman–Crippen MR) is 187 cm³/mol. The number of carbonyl (C=O) groups is 3. The zero-order valence-electron chi connectivity index (χ0n) is 30.6. The lowest BCUT2D eigenvalue weighted by atomic mass is 9.82. The molecule has 2 aromatic heterocycles. The van der Waals surface area contributed by atoms with Gasteiger partial charge in [0.1, 0.15) is 47.3 Å². The average Bonchev–Trinajstić information content (AvgIpc) is 3.02. The van der Waals surface area contributed by atoms with E-state index >= 15 is 4.39 Å². The van der Waals surface area contributed by atoms with Crippen molar-refractivity contribution in [2.75, 3.05) is 36.0 Å². The molecule has 4 heterocycles. The number of carbonyl (C=O) groups excluding carboxylic acids is 2. The van der Waals surface area contributed by atoms with Gasteiger partial charge < -0.3 is 55.2 Å². The van der Waals surface area contributed by atoms with Gasteiger partial charge in [-0.1, -0.05) is 0 Å². The first-order valence-corrected chi connectivity index (χ1v) is 16.7. The Morgan fingerprint density at radius 3 is 1.68 bits per heavy atom. The summed E-state index contributed by atoms with van der Waals surface area (Å²) in [7, 11) is 0. The van der Waals surface area contributed by atoms with Gasteiger partial charge in [0.2, 0.25) is 0 Å². The first kappa shape index (κ1) is 42.0. The number of ether oxygens (including phenoxy) is 2. The molecule has 4 atom stereocenters. The van der Waals surface area contributed by atoms with Crippen molar-refractivity contribution in [2.45, 2.75) is 102 Å². The molecule has 53 heavy (non-hydrogen) atoms. The van der Waals surface area contributed by atoms with E-state index in [2.05, 4.69) is 20.6 Å². The minimum absolute atomic E-state index is 0.0776. The Morgan fingerprint density at radius 2 is 1.28 bits per heavy atom. The van der Waals surface area contributed by atoms with Crippen LogP contribution in [0.3, 0.4) is 0 Å². The number of carboxylic acid groups (broad SMARTS) is 1. The maximum absolute atomic E-state index is 15.2. The molecular weight excluding hydrogens is 706 g/mol. The molecule has 0 spiro atoms. The third-order valence-corrected chi connectivity index (χ3v) is 8.34. The number of amides is 2. The van der Waals surface area contributed by atoms with Gasteiger partial charge in [-0.25, -0.2) is 18.4 Å². The zero-order chi connectivity index (χ0) is 39.9. The van der Waals surface area contributed by atoms with Crippen molar-refractivity contribution < 1.29 is 47.6 Å². The number of rotatable bonds is 8. The number of alkyl halides is 2. The van der Waals surface area contributed by atoms with Crippen LogP contribution in [0.15, 0.2) is 36.7 Å². The molecule has 0 radical (unpaired) electrons. The molecule has 20 heteroatoms. The molecule has 292 valence electrons. The number of aliphatic carboxylic acids is 1. The Balaban J connectivity index is 0.000000287. The number of pyridine rings is 2.